The van der Waals surface area contributed by atoms with Gasteiger partial charge >= 0.3 is 0 Å². The molecule has 3 aromatic rings. The quantitative estimate of drug-likeness (QED) is 0.603. The SMILES string of the molecule is Clc1ncc2ccn(-c3ccccn3)c2n1. The summed E-state index contributed by atoms with van der Waals surface area (Å²) in [5.41, 5.74) is 0.763. The molecule has 0 aliphatic heterocycles. The number of hydrogen-bond donors (Lipinski definition) is 0. The topological polar surface area (TPSA) is 43.6 Å². The van der Waals surface area contributed by atoms with E-state index < -0.39 is 0 Å². The fourth-order valence-corrected chi connectivity index (χ4v) is 1.71. The van der Waals surface area contributed by atoms with E-state index in [1.54, 1.807) is 12.4 Å². The average Bonchev–Trinajstić information content (AvgIpc) is 2.73. The molecule has 0 fully saturated rings. The van der Waals surface area contributed by atoms with Crippen molar-refractivity contribution in [3.05, 3.63) is 48.1 Å². The van der Waals surface area contributed by atoms with Crippen molar-refractivity contribution in [3.63, 3.8) is 0 Å². The van der Waals surface area contributed by atoms with Crippen LogP contribution in [0.5, 0.6) is 0 Å². The number of hydrogen-bond acceptors (Lipinski definition) is 3. The number of aromatic nitrogens is 4. The zero-order chi connectivity index (χ0) is 11.0. The third kappa shape index (κ3) is 1.44. The van der Waals surface area contributed by atoms with Crippen LogP contribution < -0.4 is 0 Å². The zero-order valence-electron chi connectivity index (χ0n) is 8.21. The van der Waals surface area contributed by atoms with Crippen LogP contribution in [0.3, 0.4) is 0 Å². The maximum atomic E-state index is 5.78. The lowest BCUT2D eigenvalue weighted by Gasteiger charge is -2.02. The highest BCUT2D eigenvalue weighted by Crippen LogP contribution is 2.17. The van der Waals surface area contributed by atoms with Crippen LogP contribution >= 0.6 is 11.6 Å². The molecule has 0 N–H and O–H groups in total. The van der Waals surface area contributed by atoms with Crippen LogP contribution in [-0.2, 0) is 0 Å². The van der Waals surface area contributed by atoms with Crippen molar-refractivity contribution in [2.75, 3.05) is 0 Å². The van der Waals surface area contributed by atoms with E-state index >= 15 is 0 Å². The first kappa shape index (κ1) is 9.30. The van der Waals surface area contributed by atoms with E-state index in [9.17, 15) is 0 Å². The number of fused-ring (bicyclic) bond motifs is 1. The van der Waals surface area contributed by atoms with Gasteiger partial charge in [-0.1, -0.05) is 6.07 Å². The Kier molecular flexibility index (Phi) is 2.08. The monoisotopic (exact) mass is 230 g/mol. The molecule has 3 aromatic heterocycles. The van der Waals surface area contributed by atoms with Gasteiger partial charge in [-0.15, -0.1) is 0 Å². The van der Waals surface area contributed by atoms with Crippen molar-refractivity contribution in [2.24, 2.45) is 0 Å². The standard InChI is InChI=1S/C11H7ClN4/c12-11-14-7-8-4-6-16(10(8)15-11)9-3-1-2-5-13-9/h1-7H. The maximum absolute atomic E-state index is 5.78. The molecule has 0 saturated heterocycles. The highest BCUT2D eigenvalue weighted by atomic mass is 35.5. The third-order valence-electron chi connectivity index (χ3n) is 2.29. The van der Waals surface area contributed by atoms with Gasteiger partial charge < -0.3 is 0 Å². The number of rotatable bonds is 1. The first-order chi connectivity index (χ1) is 7.84. The van der Waals surface area contributed by atoms with E-state index in [2.05, 4.69) is 15.0 Å². The molecule has 0 bridgehead atoms. The van der Waals surface area contributed by atoms with Gasteiger partial charge in [-0.3, -0.25) is 4.57 Å². The lowest BCUT2D eigenvalue weighted by Crippen LogP contribution is -1.96. The first-order valence-corrected chi connectivity index (χ1v) is 5.13. The minimum absolute atomic E-state index is 0.239. The Labute approximate surface area is 96.6 Å². The van der Waals surface area contributed by atoms with Crippen molar-refractivity contribution in [1.82, 2.24) is 19.5 Å². The van der Waals surface area contributed by atoms with E-state index in [0.29, 0.717) is 0 Å². The molecule has 0 unspecified atom stereocenters. The molecule has 3 heterocycles. The summed E-state index contributed by atoms with van der Waals surface area (Å²) in [5, 5.41) is 1.18. The minimum Gasteiger partial charge on any atom is -0.285 e. The predicted molar refractivity (Wildman–Crippen MR) is 61.7 cm³/mol. The van der Waals surface area contributed by atoms with Crippen molar-refractivity contribution < 1.29 is 0 Å². The van der Waals surface area contributed by atoms with Gasteiger partial charge in [0.25, 0.3) is 0 Å². The minimum atomic E-state index is 0.239. The van der Waals surface area contributed by atoms with Gasteiger partial charge in [0.05, 0.1) is 0 Å². The summed E-state index contributed by atoms with van der Waals surface area (Å²) in [7, 11) is 0. The molecule has 0 amide bonds. The van der Waals surface area contributed by atoms with E-state index in [0.717, 1.165) is 16.9 Å². The molecule has 16 heavy (non-hydrogen) atoms. The van der Waals surface area contributed by atoms with Crippen LogP contribution in [-0.4, -0.2) is 19.5 Å². The summed E-state index contributed by atoms with van der Waals surface area (Å²) in [4.78, 5) is 12.4. The molecule has 0 aromatic carbocycles. The summed E-state index contributed by atoms with van der Waals surface area (Å²) in [6.07, 6.45) is 5.34. The maximum Gasteiger partial charge on any atom is 0.224 e. The predicted octanol–water partition coefficient (Wildman–Crippen LogP) is 2.47. The Morgan fingerprint density at radius 3 is 2.88 bits per heavy atom. The molecule has 0 aliphatic rings. The lowest BCUT2D eigenvalue weighted by molar-refractivity contribution is 1.02. The fourth-order valence-electron chi connectivity index (χ4n) is 1.58. The third-order valence-corrected chi connectivity index (χ3v) is 2.48. The largest absolute Gasteiger partial charge is 0.285 e. The molecule has 5 heteroatoms. The Morgan fingerprint density at radius 1 is 1.12 bits per heavy atom. The summed E-state index contributed by atoms with van der Waals surface area (Å²) in [6, 6.07) is 7.64. The zero-order valence-corrected chi connectivity index (χ0v) is 8.96. The van der Waals surface area contributed by atoms with Crippen LogP contribution in [0.4, 0.5) is 0 Å². The van der Waals surface area contributed by atoms with Crippen molar-refractivity contribution >= 4 is 22.6 Å². The normalized spacial score (nSPS) is 10.8. The van der Waals surface area contributed by atoms with Crippen LogP contribution in [0.2, 0.25) is 5.28 Å². The molecule has 0 radical (unpaired) electrons. The van der Waals surface area contributed by atoms with Gasteiger partial charge in [0.15, 0.2) is 5.65 Å². The Hall–Kier alpha value is -1.94. The molecular formula is C11H7ClN4. The summed E-state index contributed by atoms with van der Waals surface area (Å²) < 4.78 is 1.88. The number of pyridine rings is 1. The van der Waals surface area contributed by atoms with Gasteiger partial charge in [-0.05, 0) is 29.8 Å². The molecule has 78 valence electrons. The van der Waals surface area contributed by atoms with Gasteiger partial charge in [-0.2, -0.15) is 4.98 Å². The van der Waals surface area contributed by atoms with Crippen LogP contribution in [0, 0.1) is 0 Å². The van der Waals surface area contributed by atoms with Crippen LogP contribution in [0.1, 0.15) is 0 Å². The number of halogens is 1. The van der Waals surface area contributed by atoms with Crippen LogP contribution in [0.25, 0.3) is 16.9 Å². The molecule has 4 nitrogen and oxygen atoms in total. The fraction of sp³-hybridized carbons (Fsp3) is 0. The van der Waals surface area contributed by atoms with Crippen molar-refractivity contribution in [1.29, 1.82) is 0 Å². The first-order valence-electron chi connectivity index (χ1n) is 4.75. The Morgan fingerprint density at radius 2 is 2.06 bits per heavy atom. The van der Waals surface area contributed by atoms with E-state index in [1.807, 2.05) is 35.0 Å². The molecule has 0 aliphatic carbocycles. The smallest absolute Gasteiger partial charge is 0.224 e. The van der Waals surface area contributed by atoms with E-state index in [4.69, 9.17) is 11.6 Å². The van der Waals surface area contributed by atoms with Crippen molar-refractivity contribution in [3.8, 4) is 5.82 Å². The summed E-state index contributed by atoms with van der Waals surface area (Å²) in [5.74, 6) is 0.812. The van der Waals surface area contributed by atoms with Gasteiger partial charge in [0.2, 0.25) is 5.28 Å². The van der Waals surface area contributed by atoms with Crippen LogP contribution in [0.15, 0.2) is 42.9 Å². The Balaban J connectivity index is 2.29. The molecule has 0 spiro atoms. The molecule has 3 rings (SSSR count). The van der Waals surface area contributed by atoms with Gasteiger partial charge in [0.1, 0.15) is 5.82 Å². The summed E-state index contributed by atoms with van der Waals surface area (Å²) in [6.45, 7) is 0. The lowest BCUT2D eigenvalue weighted by atomic mass is 10.4. The molecule has 0 saturated carbocycles. The van der Waals surface area contributed by atoms with Crippen molar-refractivity contribution in [2.45, 2.75) is 0 Å². The van der Waals surface area contributed by atoms with E-state index in [-0.39, 0.29) is 5.28 Å². The second-order valence-corrected chi connectivity index (χ2v) is 3.63. The highest BCUT2D eigenvalue weighted by molar-refractivity contribution is 6.28. The summed E-state index contributed by atoms with van der Waals surface area (Å²) >= 11 is 5.78. The molecule has 0 atom stereocenters. The number of nitrogens with zero attached hydrogens (tertiary/aromatic N) is 4. The molecular weight excluding hydrogens is 224 g/mol. The Bertz CT molecular complexity index is 633. The highest BCUT2D eigenvalue weighted by Gasteiger charge is 2.05. The second kappa shape index (κ2) is 3.57. The van der Waals surface area contributed by atoms with E-state index in [1.165, 1.54) is 0 Å². The van der Waals surface area contributed by atoms with Gasteiger partial charge in [-0.25, -0.2) is 9.97 Å². The second-order valence-electron chi connectivity index (χ2n) is 3.29. The van der Waals surface area contributed by atoms with Gasteiger partial charge in [0, 0.05) is 24.0 Å². The average molecular weight is 231 g/mol.